The Hall–Kier alpha value is -2.65. The molecule has 3 rings (SSSR count). The molecule has 9 heteroatoms. The van der Waals surface area contributed by atoms with Crippen LogP contribution in [-0.4, -0.2) is 33.1 Å². The van der Waals surface area contributed by atoms with Gasteiger partial charge in [-0.25, -0.2) is 8.42 Å². The van der Waals surface area contributed by atoms with Gasteiger partial charge in [0, 0.05) is 7.05 Å². The predicted molar refractivity (Wildman–Crippen MR) is 112 cm³/mol. The van der Waals surface area contributed by atoms with E-state index in [2.05, 4.69) is 5.10 Å². The SMILES string of the molecule is Cc1ccc(C)c(S(=O)(=O)n2nc(C)c(S(=O)(=O)N(C)c3ccccc3)c2C)c1. The van der Waals surface area contributed by atoms with Crippen molar-refractivity contribution in [2.24, 2.45) is 0 Å². The van der Waals surface area contributed by atoms with Gasteiger partial charge in [0.1, 0.15) is 4.90 Å². The summed E-state index contributed by atoms with van der Waals surface area (Å²) in [6.45, 7) is 6.44. The smallest absolute Gasteiger partial charge is 0.269 e. The van der Waals surface area contributed by atoms with E-state index in [4.69, 9.17) is 0 Å². The van der Waals surface area contributed by atoms with Crippen LogP contribution in [0.2, 0.25) is 0 Å². The van der Waals surface area contributed by atoms with E-state index in [1.54, 1.807) is 56.3 Å². The summed E-state index contributed by atoms with van der Waals surface area (Å²) < 4.78 is 54.9. The lowest BCUT2D eigenvalue weighted by molar-refractivity contribution is 0.577. The Balaban J connectivity index is 2.18. The van der Waals surface area contributed by atoms with Crippen molar-refractivity contribution < 1.29 is 16.8 Å². The largest absolute Gasteiger partial charge is 0.283 e. The molecule has 154 valence electrons. The standard InChI is InChI=1S/C20H23N3O4S2/c1-14-11-12-15(2)19(13-14)28(24,25)23-17(4)20(16(3)21-23)29(26,27)22(5)18-9-7-6-8-10-18/h6-13H,1-5H3. The first-order valence-corrected chi connectivity index (χ1v) is 11.8. The van der Waals surface area contributed by atoms with E-state index in [0.29, 0.717) is 11.3 Å². The molecule has 3 aromatic rings. The lowest BCUT2D eigenvalue weighted by Gasteiger charge is -2.19. The summed E-state index contributed by atoms with van der Waals surface area (Å²) in [5.74, 6) is 0. The van der Waals surface area contributed by atoms with E-state index < -0.39 is 20.0 Å². The van der Waals surface area contributed by atoms with Gasteiger partial charge in [-0.05, 0) is 57.0 Å². The number of sulfonamides is 1. The second kappa shape index (κ2) is 7.31. The van der Waals surface area contributed by atoms with Crippen LogP contribution in [0.1, 0.15) is 22.5 Å². The van der Waals surface area contributed by atoms with Gasteiger partial charge in [-0.3, -0.25) is 4.31 Å². The zero-order valence-corrected chi connectivity index (χ0v) is 18.5. The third-order valence-electron chi connectivity index (χ3n) is 4.77. The van der Waals surface area contributed by atoms with E-state index in [9.17, 15) is 16.8 Å². The summed E-state index contributed by atoms with van der Waals surface area (Å²) in [4.78, 5) is -0.0128. The van der Waals surface area contributed by atoms with Crippen LogP contribution in [0.5, 0.6) is 0 Å². The highest BCUT2D eigenvalue weighted by atomic mass is 32.2. The van der Waals surface area contributed by atoms with Gasteiger partial charge in [0.05, 0.1) is 22.0 Å². The van der Waals surface area contributed by atoms with Crippen molar-refractivity contribution in [3.05, 3.63) is 71.0 Å². The third kappa shape index (κ3) is 3.56. The summed E-state index contributed by atoms with van der Waals surface area (Å²) >= 11 is 0. The van der Waals surface area contributed by atoms with Crippen molar-refractivity contribution in [2.45, 2.75) is 37.5 Å². The Kier molecular flexibility index (Phi) is 5.31. The normalized spacial score (nSPS) is 12.2. The fraction of sp³-hybridized carbons (Fsp3) is 0.250. The molecule has 2 aromatic carbocycles. The number of aromatic nitrogens is 2. The third-order valence-corrected chi connectivity index (χ3v) is 8.62. The second-order valence-corrected chi connectivity index (χ2v) is 10.6. The first-order chi connectivity index (χ1) is 13.5. The molecule has 0 aliphatic heterocycles. The molecule has 0 atom stereocenters. The summed E-state index contributed by atoms with van der Waals surface area (Å²) in [5, 5.41) is 4.09. The van der Waals surface area contributed by atoms with Crippen LogP contribution in [0.25, 0.3) is 0 Å². The minimum Gasteiger partial charge on any atom is -0.269 e. The van der Waals surface area contributed by atoms with E-state index in [0.717, 1.165) is 14.0 Å². The lowest BCUT2D eigenvalue weighted by Crippen LogP contribution is -2.27. The molecule has 0 saturated carbocycles. The highest BCUT2D eigenvalue weighted by Crippen LogP contribution is 2.29. The van der Waals surface area contributed by atoms with Crippen LogP contribution in [0, 0.1) is 27.7 Å². The van der Waals surface area contributed by atoms with Crippen molar-refractivity contribution >= 4 is 25.7 Å². The topological polar surface area (TPSA) is 89.3 Å². The maximum absolute atomic E-state index is 13.3. The van der Waals surface area contributed by atoms with Gasteiger partial charge in [-0.1, -0.05) is 30.3 Å². The molecule has 1 heterocycles. The number of rotatable bonds is 5. The van der Waals surface area contributed by atoms with E-state index >= 15 is 0 Å². The number of para-hydroxylation sites is 1. The fourth-order valence-electron chi connectivity index (χ4n) is 3.20. The van der Waals surface area contributed by atoms with Crippen LogP contribution >= 0.6 is 0 Å². The predicted octanol–water partition coefficient (Wildman–Crippen LogP) is 3.18. The van der Waals surface area contributed by atoms with E-state index in [1.165, 1.54) is 20.9 Å². The number of nitrogens with zero attached hydrogens (tertiary/aromatic N) is 3. The highest BCUT2D eigenvalue weighted by molar-refractivity contribution is 7.93. The number of hydrogen-bond donors (Lipinski definition) is 0. The number of aryl methyl sites for hydroxylation is 3. The molecule has 0 amide bonds. The lowest BCUT2D eigenvalue weighted by atomic mass is 10.2. The Morgan fingerprint density at radius 2 is 1.52 bits per heavy atom. The van der Waals surface area contributed by atoms with E-state index in [-0.39, 0.29) is 21.2 Å². The quantitative estimate of drug-likeness (QED) is 0.616. The van der Waals surface area contributed by atoms with Crippen LogP contribution in [-0.2, 0) is 20.0 Å². The maximum Gasteiger partial charge on any atom is 0.283 e. The minimum atomic E-state index is -4.05. The summed E-state index contributed by atoms with van der Waals surface area (Å²) in [6, 6.07) is 13.7. The molecule has 0 bridgehead atoms. The Labute approximate surface area is 171 Å². The molecule has 0 spiro atoms. The van der Waals surface area contributed by atoms with Crippen molar-refractivity contribution in [3.8, 4) is 0 Å². The van der Waals surface area contributed by atoms with Crippen molar-refractivity contribution in [1.29, 1.82) is 0 Å². The molecule has 0 aliphatic carbocycles. The minimum absolute atomic E-state index is 0.0474. The molecule has 0 saturated heterocycles. The Morgan fingerprint density at radius 3 is 2.14 bits per heavy atom. The average Bonchev–Trinajstić information content (AvgIpc) is 2.99. The van der Waals surface area contributed by atoms with Crippen LogP contribution in [0.15, 0.2) is 58.3 Å². The first kappa shape index (κ1) is 21.1. The van der Waals surface area contributed by atoms with Crippen molar-refractivity contribution in [2.75, 3.05) is 11.4 Å². The second-order valence-electron chi connectivity index (χ2n) is 6.92. The molecule has 7 nitrogen and oxygen atoms in total. The van der Waals surface area contributed by atoms with E-state index in [1.807, 2.05) is 6.07 Å². The number of benzene rings is 2. The molecule has 0 N–H and O–H groups in total. The van der Waals surface area contributed by atoms with Gasteiger partial charge in [-0.2, -0.15) is 17.6 Å². The average molecular weight is 434 g/mol. The van der Waals surface area contributed by atoms with Gasteiger partial charge >= 0.3 is 0 Å². The maximum atomic E-state index is 13.3. The Bertz CT molecular complexity index is 1280. The number of hydrogen-bond acceptors (Lipinski definition) is 5. The Morgan fingerprint density at radius 1 is 0.897 bits per heavy atom. The van der Waals surface area contributed by atoms with Gasteiger partial charge in [-0.15, -0.1) is 0 Å². The zero-order chi connectivity index (χ0) is 21.6. The molecule has 0 unspecified atom stereocenters. The van der Waals surface area contributed by atoms with Crippen LogP contribution < -0.4 is 4.31 Å². The molecule has 0 radical (unpaired) electrons. The molecule has 29 heavy (non-hydrogen) atoms. The summed E-state index contributed by atoms with van der Waals surface area (Å²) in [5.41, 5.74) is 1.99. The number of anilines is 1. The monoisotopic (exact) mass is 433 g/mol. The molecule has 1 aromatic heterocycles. The molecule has 0 aliphatic rings. The van der Waals surface area contributed by atoms with Gasteiger partial charge < -0.3 is 0 Å². The highest BCUT2D eigenvalue weighted by Gasteiger charge is 2.33. The van der Waals surface area contributed by atoms with Crippen molar-refractivity contribution in [1.82, 2.24) is 9.19 Å². The molecular weight excluding hydrogens is 410 g/mol. The van der Waals surface area contributed by atoms with Gasteiger partial charge in [0.15, 0.2) is 0 Å². The molecule has 0 fully saturated rings. The zero-order valence-electron chi connectivity index (χ0n) is 16.9. The summed E-state index contributed by atoms with van der Waals surface area (Å²) in [7, 11) is -6.63. The van der Waals surface area contributed by atoms with Crippen LogP contribution in [0.4, 0.5) is 5.69 Å². The van der Waals surface area contributed by atoms with Crippen LogP contribution in [0.3, 0.4) is 0 Å². The fourth-order valence-corrected chi connectivity index (χ4v) is 6.49. The molecular formula is C20H23N3O4S2. The summed E-state index contributed by atoms with van der Waals surface area (Å²) in [6.07, 6.45) is 0. The van der Waals surface area contributed by atoms with Gasteiger partial charge in [0.2, 0.25) is 0 Å². The van der Waals surface area contributed by atoms with Gasteiger partial charge in [0.25, 0.3) is 20.0 Å². The first-order valence-electron chi connectivity index (χ1n) is 8.91. The van der Waals surface area contributed by atoms with Crippen molar-refractivity contribution in [3.63, 3.8) is 0 Å².